The van der Waals surface area contributed by atoms with Gasteiger partial charge in [-0.25, -0.2) is 9.59 Å². The van der Waals surface area contributed by atoms with Gasteiger partial charge < -0.3 is 19.9 Å². The van der Waals surface area contributed by atoms with Crippen LogP contribution >= 0.6 is 0 Å². The largest absolute Gasteiger partial charge is 0.509 e. The average Bonchev–Trinajstić information content (AvgIpc) is 2.27. The van der Waals surface area contributed by atoms with Crippen LogP contribution in [0.25, 0.3) is 0 Å². The molecule has 0 saturated heterocycles. The van der Waals surface area contributed by atoms with Crippen LogP contribution in [0.2, 0.25) is 0 Å². The fraction of sp³-hybridized carbons (Fsp3) is 0.545. The van der Waals surface area contributed by atoms with Crippen LogP contribution in [0.3, 0.4) is 0 Å². The van der Waals surface area contributed by atoms with Crippen molar-refractivity contribution < 1.29 is 29.0 Å². The van der Waals surface area contributed by atoms with E-state index >= 15 is 0 Å². The molecule has 0 atom stereocenters. The first kappa shape index (κ1) is 16.0. The molecule has 0 aliphatic carbocycles. The number of carbonyl (C=O) groups excluding carboxylic acids is 3. The maximum atomic E-state index is 11.5. The van der Waals surface area contributed by atoms with Gasteiger partial charge in [-0.2, -0.15) is 0 Å². The highest BCUT2D eigenvalue weighted by Gasteiger charge is 2.26. The van der Waals surface area contributed by atoms with Gasteiger partial charge in [-0.1, -0.05) is 0 Å². The Morgan fingerprint density at radius 2 is 1.50 bits per heavy atom. The lowest BCUT2D eigenvalue weighted by molar-refractivity contribution is -0.147. The summed E-state index contributed by atoms with van der Waals surface area (Å²) in [5.74, 6) is -2.98. The molecule has 0 aromatic carbocycles. The van der Waals surface area contributed by atoms with Crippen molar-refractivity contribution in [1.82, 2.24) is 5.32 Å². The molecule has 7 heteroatoms. The van der Waals surface area contributed by atoms with E-state index in [9.17, 15) is 19.5 Å². The van der Waals surface area contributed by atoms with Crippen LogP contribution in [0, 0.1) is 0 Å². The Morgan fingerprint density at radius 1 is 1.06 bits per heavy atom. The Kier molecular flexibility index (Phi) is 7.18. The summed E-state index contributed by atoms with van der Waals surface area (Å²) >= 11 is 0. The van der Waals surface area contributed by atoms with E-state index in [2.05, 4.69) is 14.8 Å². The van der Waals surface area contributed by atoms with Crippen molar-refractivity contribution in [2.75, 3.05) is 19.8 Å². The molecule has 0 heterocycles. The predicted octanol–water partition coefficient (Wildman–Crippen LogP) is 0.0608. The average molecular weight is 259 g/mol. The van der Waals surface area contributed by atoms with Crippen molar-refractivity contribution in [3.05, 3.63) is 11.3 Å². The van der Waals surface area contributed by atoms with Gasteiger partial charge in [0.05, 0.1) is 19.8 Å². The van der Waals surface area contributed by atoms with Crippen molar-refractivity contribution in [1.29, 1.82) is 0 Å². The highest BCUT2D eigenvalue weighted by atomic mass is 16.6. The Bertz CT molecular complexity index is 341. The third kappa shape index (κ3) is 5.33. The highest BCUT2D eigenvalue weighted by Crippen LogP contribution is 2.07. The number of carbonyl (C=O) groups is 3. The lowest BCUT2D eigenvalue weighted by Gasteiger charge is -2.09. The molecule has 2 N–H and O–H groups in total. The topological polar surface area (TPSA) is 102 Å². The number of ether oxygens (including phenoxy) is 2. The summed E-state index contributed by atoms with van der Waals surface area (Å²) in [6.07, 6.45) is 0. The number of hydrogen-bond acceptors (Lipinski definition) is 6. The standard InChI is InChI=1S/C11H17NO6/c1-4-17-10(15)9(11(16)18-5-2)8(14)6-12-7(3)13/h14H,4-6H2,1-3H3,(H,12,13). The van der Waals surface area contributed by atoms with Gasteiger partial charge in [0.2, 0.25) is 5.91 Å². The van der Waals surface area contributed by atoms with E-state index in [1.165, 1.54) is 6.92 Å². The van der Waals surface area contributed by atoms with E-state index in [-0.39, 0.29) is 19.8 Å². The number of nitrogens with one attached hydrogen (secondary N) is 1. The van der Waals surface area contributed by atoms with Crippen molar-refractivity contribution in [3.63, 3.8) is 0 Å². The van der Waals surface area contributed by atoms with Gasteiger partial charge in [-0.15, -0.1) is 0 Å². The second-order valence-electron chi connectivity index (χ2n) is 3.17. The number of rotatable bonds is 6. The minimum Gasteiger partial charge on any atom is -0.509 e. The van der Waals surface area contributed by atoms with Crippen LogP contribution < -0.4 is 5.32 Å². The zero-order chi connectivity index (χ0) is 14.1. The minimum atomic E-state index is -0.987. The second kappa shape index (κ2) is 8.10. The van der Waals surface area contributed by atoms with Crippen LogP contribution in [-0.4, -0.2) is 42.7 Å². The molecule has 0 rings (SSSR count). The molecule has 0 aliphatic heterocycles. The van der Waals surface area contributed by atoms with E-state index in [0.717, 1.165) is 0 Å². The van der Waals surface area contributed by atoms with Crippen molar-refractivity contribution in [3.8, 4) is 0 Å². The van der Waals surface area contributed by atoms with Crippen LogP contribution in [0.4, 0.5) is 0 Å². The Hall–Kier alpha value is -2.05. The second-order valence-corrected chi connectivity index (χ2v) is 3.17. The third-order valence-electron chi connectivity index (χ3n) is 1.75. The summed E-state index contributed by atoms with van der Waals surface area (Å²) < 4.78 is 9.26. The normalized spacial score (nSPS) is 9.28. The molecule has 102 valence electrons. The molecule has 0 saturated carbocycles. The van der Waals surface area contributed by atoms with Crippen molar-refractivity contribution >= 4 is 17.8 Å². The number of aliphatic hydroxyl groups excluding tert-OH is 1. The molecule has 18 heavy (non-hydrogen) atoms. The molecular formula is C11H17NO6. The summed E-state index contributed by atoms with van der Waals surface area (Å²) in [6.45, 7) is 4.12. The zero-order valence-corrected chi connectivity index (χ0v) is 10.6. The summed E-state index contributed by atoms with van der Waals surface area (Å²) in [5, 5.41) is 11.9. The molecule has 7 nitrogen and oxygen atoms in total. The Morgan fingerprint density at radius 3 is 1.83 bits per heavy atom. The lowest BCUT2D eigenvalue weighted by Crippen LogP contribution is -2.27. The molecule has 0 aromatic rings. The maximum absolute atomic E-state index is 11.5. The molecule has 1 amide bonds. The number of aliphatic hydroxyl groups is 1. The van der Waals surface area contributed by atoms with Crippen LogP contribution in [-0.2, 0) is 23.9 Å². The molecule has 0 fully saturated rings. The van der Waals surface area contributed by atoms with Crippen LogP contribution in [0.5, 0.6) is 0 Å². The van der Waals surface area contributed by atoms with Crippen LogP contribution in [0.1, 0.15) is 20.8 Å². The van der Waals surface area contributed by atoms with E-state index in [0.29, 0.717) is 0 Å². The predicted molar refractivity (Wildman–Crippen MR) is 61.6 cm³/mol. The van der Waals surface area contributed by atoms with Gasteiger partial charge in [-0.05, 0) is 13.8 Å². The monoisotopic (exact) mass is 259 g/mol. The minimum absolute atomic E-state index is 0.0507. The molecule has 0 spiro atoms. The molecule has 0 unspecified atom stereocenters. The first-order valence-electron chi connectivity index (χ1n) is 5.44. The molecular weight excluding hydrogens is 242 g/mol. The summed E-state index contributed by atoms with van der Waals surface area (Å²) in [5.41, 5.74) is -0.604. The first-order valence-corrected chi connectivity index (χ1v) is 5.44. The van der Waals surface area contributed by atoms with E-state index in [4.69, 9.17) is 0 Å². The number of hydrogen-bond donors (Lipinski definition) is 2. The van der Waals surface area contributed by atoms with Gasteiger partial charge in [0, 0.05) is 6.92 Å². The Balaban J connectivity index is 5.03. The van der Waals surface area contributed by atoms with E-state index in [1.54, 1.807) is 13.8 Å². The maximum Gasteiger partial charge on any atom is 0.349 e. The molecule has 0 aromatic heterocycles. The van der Waals surface area contributed by atoms with Gasteiger partial charge in [-0.3, -0.25) is 4.79 Å². The summed E-state index contributed by atoms with van der Waals surface area (Å²) in [6, 6.07) is 0. The van der Waals surface area contributed by atoms with Gasteiger partial charge in [0.1, 0.15) is 5.76 Å². The molecule has 0 bridgehead atoms. The quantitative estimate of drug-likeness (QED) is 0.230. The van der Waals surface area contributed by atoms with E-state index in [1.807, 2.05) is 0 Å². The number of esters is 2. The molecule has 0 radical (unpaired) electrons. The Labute approximate surface area is 105 Å². The fourth-order valence-corrected chi connectivity index (χ4v) is 1.02. The summed E-state index contributed by atoms with van der Waals surface area (Å²) in [4.78, 5) is 33.7. The third-order valence-corrected chi connectivity index (χ3v) is 1.75. The van der Waals surface area contributed by atoms with Crippen molar-refractivity contribution in [2.24, 2.45) is 0 Å². The highest BCUT2D eigenvalue weighted by molar-refractivity contribution is 6.14. The number of amides is 1. The van der Waals surface area contributed by atoms with Crippen molar-refractivity contribution in [2.45, 2.75) is 20.8 Å². The zero-order valence-electron chi connectivity index (χ0n) is 10.6. The summed E-state index contributed by atoms with van der Waals surface area (Å²) in [7, 11) is 0. The van der Waals surface area contributed by atoms with Gasteiger partial charge >= 0.3 is 11.9 Å². The molecule has 0 aliphatic rings. The fourth-order valence-electron chi connectivity index (χ4n) is 1.02. The smallest absolute Gasteiger partial charge is 0.349 e. The lowest BCUT2D eigenvalue weighted by atomic mass is 10.2. The van der Waals surface area contributed by atoms with Gasteiger partial charge in [0.25, 0.3) is 0 Å². The first-order chi connectivity index (χ1) is 8.43. The SMILES string of the molecule is CCOC(=O)C(C(=O)OCC)=C(O)CNC(C)=O. The van der Waals surface area contributed by atoms with E-state index < -0.39 is 29.2 Å². The van der Waals surface area contributed by atoms with Gasteiger partial charge in [0.15, 0.2) is 5.57 Å². The van der Waals surface area contributed by atoms with Crippen LogP contribution in [0.15, 0.2) is 11.3 Å².